The van der Waals surface area contributed by atoms with Gasteiger partial charge in [-0.05, 0) is 55.2 Å². The Labute approximate surface area is 173 Å². The Kier molecular flexibility index (Phi) is 4.64. The minimum atomic E-state index is -4.39. The number of rotatable bonds is 3. The summed E-state index contributed by atoms with van der Waals surface area (Å²) in [5.74, 6) is -0.404. The van der Waals surface area contributed by atoms with Gasteiger partial charge in [0.25, 0.3) is 0 Å². The van der Waals surface area contributed by atoms with Crippen LogP contribution in [0.4, 0.5) is 24.5 Å². The van der Waals surface area contributed by atoms with Crippen LogP contribution < -0.4 is 15.1 Å². The van der Waals surface area contributed by atoms with Crippen LogP contribution in [-0.4, -0.2) is 37.6 Å². The van der Waals surface area contributed by atoms with Crippen molar-refractivity contribution in [2.75, 3.05) is 29.4 Å². The number of anilines is 2. The van der Waals surface area contributed by atoms with Crippen molar-refractivity contribution >= 4 is 17.3 Å². The molecule has 0 spiro atoms. The first-order chi connectivity index (χ1) is 14.4. The summed E-state index contributed by atoms with van der Waals surface area (Å²) in [5.41, 5.74) is 1.90. The van der Waals surface area contributed by atoms with Gasteiger partial charge in [-0.15, -0.1) is 0 Å². The molecule has 1 N–H and O–H groups in total. The Morgan fingerprint density at radius 3 is 2.50 bits per heavy atom. The molecule has 0 unspecified atom stereocenters. The summed E-state index contributed by atoms with van der Waals surface area (Å²) in [7, 11) is 0. The first kappa shape index (κ1) is 19.3. The van der Waals surface area contributed by atoms with Crippen LogP contribution in [0.25, 0.3) is 0 Å². The summed E-state index contributed by atoms with van der Waals surface area (Å²) in [6.45, 7) is 2.11. The lowest BCUT2D eigenvalue weighted by Gasteiger charge is -2.49. The summed E-state index contributed by atoms with van der Waals surface area (Å²) in [5, 5.41) is 3.08. The fourth-order valence-electron chi connectivity index (χ4n) is 4.71. The number of para-hydroxylation sites is 1. The minimum Gasteiger partial charge on any atom is -0.368 e. The van der Waals surface area contributed by atoms with E-state index in [0.717, 1.165) is 36.8 Å². The number of benzene rings is 2. The maximum Gasteiger partial charge on any atom is 0.416 e. The maximum atomic E-state index is 13.3. The second kappa shape index (κ2) is 7.22. The highest BCUT2D eigenvalue weighted by Crippen LogP contribution is 2.40. The number of fused-ring (bicyclic) bond motifs is 3. The fourth-order valence-corrected chi connectivity index (χ4v) is 4.71. The Hall–Kier alpha value is -2.70. The van der Waals surface area contributed by atoms with Gasteiger partial charge in [0.2, 0.25) is 5.91 Å². The van der Waals surface area contributed by atoms with Crippen molar-refractivity contribution < 1.29 is 18.0 Å². The zero-order valence-corrected chi connectivity index (χ0v) is 16.5. The molecule has 2 fully saturated rings. The lowest BCUT2D eigenvalue weighted by Crippen LogP contribution is -2.61. The smallest absolute Gasteiger partial charge is 0.368 e. The lowest BCUT2D eigenvalue weighted by atomic mass is 9.82. The maximum absolute atomic E-state index is 13.3. The van der Waals surface area contributed by atoms with Gasteiger partial charge >= 0.3 is 6.18 Å². The molecule has 2 aromatic rings. The number of hydrogen-bond donors (Lipinski definition) is 1. The van der Waals surface area contributed by atoms with Crippen LogP contribution in [0.3, 0.4) is 0 Å². The van der Waals surface area contributed by atoms with Crippen LogP contribution in [0.15, 0.2) is 48.5 Å². The van der Waals surface area contributed by atoms with E-state index < -0.39 is 11.7 Å². The second-order valence-electron chi connectivity index (χ2n) is 8.48. The highest BCUT2D eigenvalue weighted by Gasteiger charge is 2.43. The van der Waals surface area contributed by atoms with Gasteiger partial charge in [0, 0.05) is 37.1 Å². The molecule has 2 aliphatic heterocycles. The SMILES string of the molecule is O=C(NC1CC1)[C@@H]1Cc2cc(C(F)(F)F)ccc2N2CCN(c3ccccc3)C[C@H]12. The molecule has 4 nitrogen and oxygen atoms in total. The number of amides is 1. The quantitative estimate of drug-likeness (QED) is 0.827. The number of carbonyl (C=O) groups excluding carboxylic acids is 1. The summed E-state index contributed by atoms with van der Waals surface area (Å²) >= 11 is 0. The third-order valence-electron chi connectivity index (χ3n) is 6.42. The number of alkyl halides is 3. The zero-order valence-electron chi connectivity index (χ0n) is 16.5. The van der Waals surface area contributed by atoms with Crippen LogP contribution in [0.1, 0.15) is 24.0 Å². The number of piperazine rings is 1. The lowest BCUT2D eigenvalue weighted by molar-refractivity contribution is -0.137. The first-order valence-electron chi connectivity index (χ1n) is 10.5. The standard InChI is InChI=1S/C23H24F3N3O/c24-23(25,26)16-6-9-20-15(12-16)13-19(22(30)27-17-7-8-17)21-14-28(10-11-29(20)21)18-4-2-1-3-5-18/h1-6,9,12,17,19,21H,7-8,10-11,13-14H2,(H,27,30)/t19-,21-/m1/s1. The number of nitrogens with zero attached hydrogens (tertiary/aromatic N) is 2. The number of nitrogens with one attached hydrogen (secondary N) is 1. The molecule has 5 rings (SSSR count). The van der Waals surface area contributed by atoms with Crippen molar-refractivity contribution in [2.24, 2.45) is 5.92 Å². The van der Waals surface area contributed by atoms with Crippen LogP contribution in [0.5, 0.6) is 0 Å². The van der Waals surface area contributed by atoms with Crippen molar-refractivity contribution in [3.05, 3.63) is 59.7 Å². The summed E-state index contributed by atoms with van der Waals surface area (Å²) in [4.78, 5) is 17.5. The Balaban J connectivity index is 1.48. The molecule has 2 atom stereocenters. The van der Waals surface area contributed by atoms with Gasteiger partial charge in [0.1, 0.15) is 0 Å². The predicted molar refractivity (Wildman–Crippen MR) is 110 cm³/mol. The number of carbonyl (C=O) groups is 1. The van der Waals surface area contributed by atoms with Crippen LogP contribution in [0, 0.1) is 5.92 Å². The summed E-state index contributed by atoms with van der Waals surface area (Å²) < 4.78 is 39.8. The largest absolute Gasteiger partial charge is 0.416 e. The number of hydrogen-bond acceptors (Lipinski definition) is 3. The van der Waals surface area contributed by atoms with E-state index in [0.29, 0.717) is 25.1 Å². The van der Waals surface area contributed by atoms with Gasteiger partial charge in [-0.2, -0.15) is 13.2 Å². The fraction of sp³-hybridized carbons (Fsp3) is 0.435. The molecule has 3 aliphatic rings. The van der Waals surface area contributed by atoms with E-state index >= 15 is 0 Å². The van der Waals surface area contributed by atoms with Gasteiger partial charge in [-0.1, -0.05) is 18.2 Å². The van der Waals surface area contributed by atoms with E-state index in [1.165, 1.54) is 6.07 Å². The predicted octanol–water partition coefficient (Wildman–Crippen LogP) is 3.85. The normalized spacial score (nSPS) is 23.6. The van der Waals surface area contributed by atoms with Crippen molar-refractivity contribution in [3.8, 4) is 0 Å². The van der Waals surface area contributed by atoms with Gasteiger partial charge < -0.3 is 15.1 Å². The Morgan fingerprint density at radius 2 is 1.80 bits per heavy atom. The Morgan fingerprint density at radius 1 is 1.03 bits per heavy atom. The van der Waals surface area contributed by atoms with Crippen LogP contribution in [0.2, 0.25) is 0 Å². The first-order valence-corrected chi connectivity index (χ1v) is 10.5. The van der Waals surface area contributed by atoms with Crippen molar-refractivity contribution in [1.29, 1.82) is 0 Å². The van der Waals surface area contributed by atoms with E-state index in [9.17, 15) is 18.0 Å². The summed E-state index contributed by atoms with van der Waals surface area (Å²) in [6.07, 6.45) is -2.08. The van der Waals surface area contributed by atoms with E-state index in [2.05, 4.69) is 27.2 Å². The molecule has 0 radical (unpaired) electrons. The van der Waals surface area contributed by atoms with Crippen molar-refractivity contribution in [1.82, 2.24) is 5.32 Å². The monoisotopic (exact) mass is 415 g/mol. The van der Waals surface area contributed by atoms with Gasteiger partial charge in [0.05, 0.1) is 17.5 Å². The average Bonchev–Trinajstić information content (AvgIpc) is 3.56. The van der Waals surface area contributed by atoms with Gasteiger partial charge in [0.15, 0.2) is 0 Å². The third-order valence-corrected chi connectivity index (χ3v) is 6.42. The van der Waals surface area contributed by atoms with E-state index in [-0.39, 0.29) is 23.9 Å². The molecule has 158 valence electrons. The molecule has 0 bridgehead atoms. The van der Waals surface area contributed by atoms with Gasteiger partial charge in [-0.25, -0.2) is 0 Å². The number of halogens is 3. The molecular weight excluding hydrogens is 391 g/mol. The summed E-state index contributed by atoms with van der Waals surface area (Å²) in [6, 6.07) is 14.2. The van der Waals surface area contributed by atoms with Crippen molar-refractivity contribution in [3.63, 3.8) is 0 Å². The second-order valence-corrected chi connectivity index (χ2v) is 8.48. The molecule has 30 heavy (non-hydrogen) atoms. The molecular formula is C23H24F3N3O. The highest BCUT2D eigenvalue weighted by atomic mass is 19.4. The Bertz CT molecular complexity index is 942. The van der Waals surface area contributed by atoms with Gasteiger partial charge in [-0.3, -0.25) is 4.79 Å². The van der Waals surface area contributed by atoms with Crippen molar-refractivity contribution in [2.45, 2.75) is 37.5 Å². The highest BCUT2D eigenvalue weighted by molar-refractivity contribution is 5.83. The molecule has 1 aliphatic carbocycles. The van der Waals surface area contributed by atoms with Crippen LogP contribution >= 0.6 is 0 Å². The molecule has 1 saturated carbocycles. The molecule has 7 heteroatoms. The van der Waals surface area contributed by atoms with Crippen LogP contribution in [-0.2, 0) is 17.4 Å². The topological polar surface area (TPSA) is 35.6 Å². The zero-order chi connectivity index (χ0) is 20.9. The van der Waals surface area contributed by atoms with E-state index in [1.807, 2.05) is 18.2 Å². The molecule has 1 amide bonds. The molecule has 0 aromatic heterocycles. The molecule has 2 aromatic carbocycles. The third kappa shape index (κ3) is 3.61. The van der Waals surface area contributed by atoms with E-state index in [4.69, 9.17) is 0 Å². The molecule has 2 heterocycles. The molecule has 1 saturated heterocycles. The minimum absolute atomic E-state index is 0.0366. The average molecular weight is 415 g/mol. The van der Waals surface area contributed by atoms with E-state index in [1.54, 1.807) is 6.07 Å².